The van der Waals surface area contributed by atoms with Crippen molar-refractivity contribution in [3.63, 3.8) is 0 Å². The molecule has 202 valence electrons. The fourth-order valence-corrected chi connectivity index (χ4v) is 5.18. The second-order valence-corrected chi connectivity index (χ2v) is 10.2. The second-order valence-electron chi connectivity index (χ2n) is 8.46. The molecule has 1 aliphatic heterocycles. The number of pyridine rings is 1. The minimum absolute atomic E-state index is 0.0427. The Kier molecular flexibility index (Phi) is 7.02. The van der Waals surface area contributed by atoms with Crippen LogP contribution in [0.25, 0.3) is 11.1 Å². The van der Waals surface area contributed by atoms with Gasteiger partial charge in [0.25, 0.3) is 0 Å². The van der Waals surface area contributed by atoms with Crippen molar-refractivity contribution in [3.05, 3.63) is 110 Å². The van der Waals surface area contributed by atoms with Crippen molar-refractivity contribution in [1.82, 2.24) is 9.88 Å². The molecule has 0 fully saturated rings. The Morgan fingerprint density at radius 3 is 2.21 bits per heavy atom. The van der Waals surface area contributed by atoms with Gasteiger partial charge in [0.1, 0.15) is 5.82 Å². The van der Waals surface area contributed by atoms with E-state index < -0.39 is 41.1 Å². The third-order valence-electron chi connectivity index (χ3n) is 5.89. The molecule has 0 saturated heterocycles. The molecule has 1 unspecified atom stereocenters. The Hall–Kier alpha value is -3.64. The van der Waals surface area contributed by atoms with E-state index in [1.165, 1.54) is 29.4 Å². The topological polar surface area (TPSA) is 37.7 Å². The van der Waals surface area contributed by atoms with Crippen molar-refractivity contribution in [2.75, 3.05) is 0 Å². The van der Waals surface area contributed by atoms with Gasteiger partial charge in [-0.1, -0.05) is 35.0 Å². The first-order valence-corrected chi connectivity index (χ1v) is 12.3. The monoisotopic (exact) mass is 585 g/mol. The number of rotatable bonds is 5. The first-order chi connectivity index (χ1) is 18.4. The Morgan fingerprint density at radius 2 is 1.59 bits per heavy atom. The maximum absolute atomic E-state index is 14.7. The lowest BCUT2D eigenvalue weighted by atomic mass is 9.99. The molecule has 0 N–H and O–H groups in total. The fraction of sp³-hybridized carbons (Fsp3) is 0.154. The standard InChI is InChI=1S/C26H15ClF7N3OS/c27-22-6-5-21(39-22)23-36-38-24(14-9-16(25(29,30)31)11-17(10-14)26(32,33)34)37(23)13-15-12-35-8-7-18(15)19-3-1-2-4-20(19)28/h1-12,24H,13H2. The van der Waals surface area contributed by atoms with Crippen LogP contribution in [0.4, 0.5) is 30.7 Å². The van der Waals surface area contributed by atoms with Crippen molar-refractivity contribution in [1.29, 1.82) is 0 Å². The van der Waals surface area contributed by atoms with Crippen LogP contribution in [0.1, 0.15) is 33.4 Å². The lowest BCUT2D eigenvalue weighted by molar-refractivity contribution is -0.143. The van der Waals surface area contributed by atoms with Gasteiger partial charge in [-0.25, -0.2) is 4.39 Å². The number of amidine groups is 1. The first kappa shape index (κ1) is 26.9. The number of benzene rings is 2. The average Bonchev–Trinajstić information content (AvgIpc) is 3.49. The molecule has 3 heterocycles. The van der Waals surface area contributed by atoms with Gasteiger partial charge in [-0.15, -0.1) is 11.3 Å². The third kappa shape index (κ3) is 5.57. The molecular formula is C26H15ClF7N3OS. The summed E-state index contributed by atoms with van der Waals surface area (Å²) in [5, 5.41) is 4.00. The summed E-state index contributed by atoms with van der Waals surface area (Å²) in [5.74, 6) is -0.392. The molecule has 0 radical (unpaired) electrons. The molecule has 0 saturated carbocycles. The molecule has 5 rings (SSSR count). The smallest absolute Gasteiger partial charge is 0.363 e. The zero-order valence-electron chi connectivity index (χ0n) is 19.4. The number of hydrogen-bond acceptors (Lipinski definition) is 5. The van der Waals surface area contributed by atoms with Crippen LogP contribution in [-0.4, -0.2) is 15.7 Å². The van der Waals surface area contributed by atoms with Crippen LogP contribution in [-0.2, 0) is 23.7 Å². The van der Waals surface area contributed by atoms with Gasteiger partial charge in [0.05, 0.1) is 26.9 Å². The number of halogens is 8. The van der Waals surface area contributed by atoms with Gasteiger partial charge in [0.15, 0.2) is 5.84 Å². The highest BCUT2D eigenvalue weighted by molar-refractivity contribution is 7.18. The van der Waals surface area contributed by atoms with Crippen molar-refractivity contribution in [3.8, 4) is 11.1 Å². The summed E-state index contributed by atoms with van der Waals surface area (Å²) in [5.41, 5.74) is -2.31. The van der Waals surface area contributed by atoms with Crippen molar-refractivity contribution in [2.45, 2.75) is 25.1 Å². The summed E-state index contributed by atoms with van der Waals surface area (Å²) in [7, 11) is 0. The van der Waals surface area contributed by atoms with Gasteiger partial charge in [0.2, 0.25) is 6.23 Å². The van der Waals surface area contributed by atoms with Crippen LogP contribution in [0.3, 0.4) is 0 Å². The van der Waals surface area contributed by atoms with Gasteiger partial charge in [-0.05, 0) is 53.6 Å². The zero-order valence-corrected chi connectivity index (χ0v) is 21.0. The summed E-state index contributed by atoms with van der Waals surface area (Å²) in [6.45, 7) is -0.145. The van der Waals surface area contributed by atoms with Gasteiger partial charge >= 0.3 is 12.4 Å². The number of alkyl halides is 6. The lowest BCUT2D eigenvalue weighted by Gasteiger charge is -2.27. The number of aromatic nitrogens is 1. The highest BCUT2D eigenvalue weighted by atomic mass is 35.5. The van der Waals surface area contributed by atoms with E-state index in [-0.39, 0.29) is 24.0 Å². The summed E-state index contributed by atoms with van der Waals surface area (Å²) < 4.78 is 96.5. The van der Waals surface area contributed by atoms with Gasteiger partial charge < -0.3 is 9.74 Å². The molecule has 0 amide bonds. The molecule has 1 atom stereocenters. The van der Waals surface area contributed by atoms with Gasteiger partial charge in [-0.2, -0.15) is 26.3 Å². The van der Waals surface area contributed by atoms with Crippen molar-refractivity contribution < 1.29 is 35.6 Å². The normalized spacial score (nSPS) is 15.8. The predicted octanol–water partition coefficient (Wildman–Crippen LogP) is 8.53. The van der Waals surface area contributed by atoms with Gasteiger partial charge in [-0.3, -0.25) is 4.98 Å². The van der Waals surface area contributed by atoms with Crippen molar-refractivity contribution >= 4 is 28.8 Å². The van der Waals surface area contributed by atoms with E-state index in [1.807, 2.05) is 0 Å². The first-order valence-electron chi connectivity index (χ1n) is 11.1. The van der Waals surface area contributed by atoms with E-state index in [2.05, 4.69) is 10.1 Å². The maximum atomic E-state index is 14.7. The Labute approximate surface area is 225 Å². The highest BCUT2D eigenvalue weighted by Gasteiger charge is 2.40. The largest absolute Gasteiger partial charge is 0.416 e. The third-order valence-corrected chi connectivity index (χ3v) is 7.12. The van der Waals surface area contributed by atoms with Gasteiger partial charge in [0, 0.05) is 23.5 Å². The summed E-state index contributed by atoms with van der Waals surface area (Å²) in [6, 6.07) is 11.9. The molecule has 0 spiro atoms. The molecular weight excluding hydrogens is 571 g/mol. The number of thiophene rings is 1. The van der Waals surface area contributed by atoms with Crippen LogP contribution in [0.15, 0.2) is 78.2 Å². The summed E-state index contributed by atoms with van der Waals surface area (Å²) in [6.07, 6.45) is -8.70. The second kappa shape index (κ2) is 10.2. The zero-order chi connectivity index (χ0) is 27.9. The van der Waals surface area contributed by atoms with E-state index in [0.717, 1.165) is 11.3 Å². The van der Waals surface area contributed by atoms with E-state index in [4.69, 9.17) is 16.4 Å². The number of oxime groups is 1. The highest BCUT2D eigenvalue weighted by Crippen LogP contribution is 2.41. The molecule has 1 aliphatic rings. The Balaban J connectivity index is 1.63. The van der Waals surface area contributed by atoms with Crippen LogP contribution < -0.4 is 0 Å². The minimum Gasteiger partial charge on any atom is -0.363 e. The predicted molar refractivity (Wildman–Crippen MR) is 131 cm³/mol. The molecule has 2 aromatic carbocycles. The molecule has 39 heavy (non-hydrogen) atoms. The van der Waals surface area contributed by atoms with E-state index in [1.54, 1.807) is 30.3 Å². The Bertz CT molecular complexity index is 1520. The lowest BCUT2D eigenvalue weighted by Crippen LogP contribution is -2.31. The molecule has 4 nitrogen and oxygen atoms in total. The van der Waals surface area contributed by atoms with Crippen LogP contribution in [0, 0.1) is 5.82 Å². The summed E-state index contributed by atoms with van der Waals surface area (Å²) >= 11 is 7.16. The molecule has 4 aromatic rings. The van der Waals surface area contributed by atoms with E-state index in [9.17, 15) is 30.7 Å². The average molecular weight is 586 g/mol. The number of nitrogens with zero attached hydrogens (tertiary/aromatic N) is 3. The van der Waals surface area contributed by atoms with Crippen LogP contribution in [0.2, 0.25) is 4.34 Å². The van der Waals surface area contributed by atoms with E-state index in [0.29, 0.717) is 32.5 Å². The van der Waals surface area contributed by atoms with E-state index >= 15 is 0 Å². The number of hydrogen-bond donors (Lipinski definition) is 0. The summed E-state index contributed by atoms with van der Waals surface area (Å²) in [4.78, 5) is 11.4. The minimum atomic E-state index is -5.05. The molecule has 0 bridgehead atoms. The fourth-order valence-electron chi connectivity index (χ4n) is 4.14. The Morgan fingerprint density at radius 1 is 0.897 bits per heavy atom. The quantitative estimate of drug-likeness (QED) is 0.220. The molecule has 0 aliphatic carbocycles. The van der Waals surface area contributed by atoms with Crippen LogP contribution >= 0.6 is 22.9 Å². The van der Waals surface area contributed by atoms with Crippen molar-refractivity contribution in [2.24, 2.45) is 5.16 Å². The maximum Gasteiger partial charge on any atom is 0.416 e. The SMILES string of the molecule is Fc1ccccc1-c1ccncc1CN1C(c2ccc(Cl)s2)=NOC1c1cc(C(F)(F)F)cc(C(F)(F)F)c1. The molecule has 2 aromatic heterocycles. The molecule has 13 heteroatoms. The van der Waals surface area contributed by atoms with Crippen LogP contribution in [0.5, 0.6) is 0 Å².